The van der Waals surface area contributed by atoms with E-state index in [-0.39, 0.29) is 96.3 Å². The SMILES string of the molecule is CCCOc1cc(N=Nc2cc(S(=O)(=O)O)cc3cc(S(=O)(=O)O)cc(O)c23)c(C)cc1N=Nc1c(S(=O)(=O)O)cc2ccc(N=Nc3c(Nc4ccccc4)ccc4c(O)c(N=Nc5ccc6c(O)c(N=Nc7ccccc7S(=O)(=O)O)ccc6c5)ccc34)cc2c1O.O=S(=O)=O.O=S(=O)=O.O=S(=O)=O. The first-order valence-corrected chi connectivity index (χ1v) is 37.7. The van der Waals surface area contributed by atoms with E-state index in [1.54, 1.807) is 56.3 Å². The molecule has 0 unspecified atom stereocenters. The van der Waals surface area contributed by atoms with Crippen LogP contribution in [0.2, 0.25) is 0 Å². The van der Waals surface area contributed by atoms with Crippen LogP contribution in [0.25, 0.3) is 43.1 Å². The van der Waals surface area contributed by atoms with Gasteiger partial charge in [0.05, 0.1) is 50.2 Å². The number of aryl methyl sites for hydroxylation is 1. The highest BCUT2D eigenvalue weighted by molar-refractivity contribution is 7.86. The summed E-state index contributed by atoms with van der Waals surface area (Å²) in [5.41, 5.74) is 1.00. The maximum Gasteiger partial charge on any atom is 0.425 e. The van der Waals surface area contributed by atoms with Crippen molar-refractivity contribution in [3.05, 3.63) is 175 Å². The van der Waals surface area contributed by atoms with Crippen molar-refractivity contribution in [1.82, 2.24) is 0 Å². The number of rotatable bonds is 19. The summed E-state index contributed by atoms with van der Waals surface area (Å²) in [5.74, 6) is -2.06. The predicted molar refractivity (Wildman–Crippen MR) is 375 cm³/mol. The number of nitrogens with zero attached hydrogens (tertiary/aromatic N) is 10. The number of aromatic hydroxyl groups is 4. The van der Waals surface area contributed by atoms with Gasteiger partial charge in [0, 0.05) is 39.4 Å². The zero-order valence-corrected chi connectivity index (χ0v) is 59.1. The van der Waals surface area contributed by atoms with Gasteiger partial charge in [-0.25, -0.2) is 0 Å². The Hall–Kier alpha value is -12.2. The molecular weight excluding hydrogens is 1540 g/mol. The van der Waals surface area contributed by atoms with Crippen LogP contribution >= 0.6 is 0 Å². The van der Waals surface area contributed by atoms with Gasteiger partial charge in [-0.3, -0.25) is 18.2 Å². The van der Waals surface area contributed by atoms with Crippen molar-refractivity contribution < 1.29 is 115 Å². The van der Waals surface area contributed by atoms with E-state index >= 15 is 0 Å². The van der Waals surface area contributed by atoms with Crippen LogP contribution in [0.1, 0.15) is 18.9 Å². The molecule has 9 N–H and O–H groups in total. The quantitative estimate of drug-likeness (QED) is 0.0268. The molecule has 106 heavy (non-hydrogen) atoms. The van der Waals surface area contributed by atoms with Crippen molar-refractivity contribution in [2.75, 3.05) is 11.9 Å². The van der Waals surface area contributed by atoms with Crippen molar-refractivity contribution in [3.63, 3.8) is 0 Å². The summed E-state index contributed by atoms with van der Waals surface area (Å²) in [5, 5.41) is 92.5. The Kier molecular flexibility index (Phi) is 25.1. The van der Waals surface area contributed by atoms with E-state index < -0.39 is 109 Å². The summed E-state index contributed by atoms with van der Waals surface area (Å²) in [6.07, 6.45) is 0.469. The zero-order valence-electron chi connectivity index (χ0n) is 53.3. The monoisotopic (exact) mass is 1590 g/mol. The molecule has 0 saturated carbocycles. The van der Waals surface area contributed by atoms with Crippen LogP contribution in [0.15, 0.2) is 241 Å². The number of anilines is 2. The van der Waals surface area contributed by atoms with Crippen molar-refractivity contribution >= 4 is 184 Å². The summed E-state index contributed by atoms with van der Waals surface area (Å²) in [4.78, 5) is -2.83. The van der Waals surface area contributed by atoms with E-state index in [0.29, 0.717) is 51.3 Å². The molecule has 0 radical (unpaired) electrons. The molecule has 548 valence electrons. The largest absolute Gasteiger partial charge is 0.507 e. The van der Waals surface area contributed by atoms with Crippen LogP contribution in [-0.4, -0.2) is 117 Å². The summed E-state index contributed by atoms with van der Waals surface area (Å²) < 4.78 is 220. The molecule has 0 aromatic heterocycles. The second-order valence-electron chi connectivity index (χ2n) is 21.2. The van der Waals surface area contributed by atoms with Gasteiger partial charge in [-0.05, 0) is 150 Å². The van der Waals surface area contributed by atoms with E-state index in [1.165, 1.54) is 60.7 Å². The third-order valence-corrected chi connectivity index (χ3v) is 17.6. The van der Waals surface area contributed by atoms with E-state index in [0.717, 1.165) is 30.3 Å². The van der Waals surface area contributed by atoms with Crippen LogP contribution in [0, 0.1) is 6.92 Å². The lowest BCUT2D eigenvalue weighted by molar-refractivity contribution is 0.318. The van der Waals surface area contributed by atoms with Crippen LogP contribution in [0.3, 0.4) is 0 Å². The molecule has 0 aliphatic heterocycles. The minimum Gasteiger partial charge on any atom is -0.507 e. The lowest BCUT2D eigenvalue weighted by atomic mass is 10.0. The zero-order chi connectivity index (χ0) is 77.8. The molecule has 0 aliphatic rings. The number of hydrogen-bond donors (Lipinski definition) is 9. The Morgan fingerprint density at radius 3 is 1.51 bits per heavy atom. The van der Waals surface area contributed by atoms with Gasteiger partial charge in [-0.2, -0.15) is 49.0 Å². The van der Waals surface area contributed by atoms with E-state index in [9.17, 15) is 72.3 Å². The Morgan fingerprint density at radius 1 is 0.387 bits per heavy atom. The fraction of sp³-hybridized carbons (Fsp3) is 0.0645. The number of para-hydroxylation sites is 1. The third-order valence-electron chi connectivity index (χ3n) is 14.2. The number of azo groups is 5. The van der Waals surface area contributed by atoms with E-state index in [2.05, 4.69) is 56.5 Å². The maximum absolute atomic E-state index is 13.0. The average molecular weight is 1590 g/mol. The molecule has 0 spiro atoms. The van der Waals surface area contributed by atoms with Gasteiger partial charge in [0.1, 0.15) is 55.4 Å². The van der Waals surface area contributed by atoms with Gasteiger partial charge in [0.2, 0.25) is 0 Å². The van der Waals surface area contributed by atoms with Crippen molar-refractivity contribution in [1.29, 1.82) is 0 Å². The van der Waals surface area contributed by atoms with Gasteiger partial charge in [0.15, 0.2) is 17.2 Å². The summed E-state index contributed by atoms with van der Waals surface area (Å²) in [6, 6.07) is 40.1. The molecule has 0 bridgehead atoms. The lowest BCUT2D eigenvalue weighted by Gasteiger charge is -2.13. The molecule has 11 aromatic carbocycles. The van der Waals surface area contributed by atoms with Crippen LogP contribution in [-0.2, 0) is 72.3 Å². The van der Waals surface area contributed by atoms with E-state index in [4.69, 9.17) is 42.6 Å². The number of fused-ring (bicyclic) bond motifs is 4. The average Bonchev–Trinajstić information content (AvgIpc) is 0.759. The number of phenols is 4. The highest BCUT2D eigenvalue weighted by Crippen LogP contribution is 2.48. The maximum atomic E-state index is 13.0. The minimum absolute atomic E-state index is 0.0101. The van der Waals surface area contributed by atoms with Crippen LogP contribution < -0.4 is 10.1 Å². The van der Waals surface area contributed by atoms with Gasteiger partial charge in [-0.15, -0.1) is 73.7 Å². The normalized spacial score (nSPS) is 12.0. The first-order valence-electron chi connectivity index (χ1n) is 28.9. The Balaban J connectivity index is 0.00000110. The predicted octanol–water partition coefficient (Wildman–Crippen LogP) is 14.0. The summed E-state index contributed by atoms with van der Waals surface area (Å²) >= 11 is 0. The fourth-order valence-electron chi connectivity index (χ4n) is 9.71. The van der Waals surface area contributed by atoms with Crippen LogP contribution in [0.5, 0.6) is 28.7 Å². The molecular formula is C62H47N11O26S7. The molecule has 11 rings (SSSR count). The first-order chi connectivity index (χ1) is 49.8. The molecule has 0 atom stereocenters. The number of hydrogen-bond acceptors (Lipinski definition) is 33. The second-order valence-corrected chi connectivity index (χ2v) is 28.1. The summed E-state index contributed by atoms with van der Waals surface area (Å²) in [6.45, 7) is 3.43. The molecule has 44 heteroatoms. The molecule has 0 aliphatic carbocycles. The molecule has 0 heterocycles. The summed E-state index contributed by atoms with van der Waals surface area (Å²) in [7, 11) is -28.9. The Bertz CT molecular complexity index is 6310. The highest BCUT2D eigenvalue weighted by Gasteiger charge is 2.25. The van der Waals surface area contributed by atoms with Crippen molar-refractivity contribution in [2.45, 2.75) is 39.9 Å². The second kappa shape index (κ2) is 33.5. The first kappa shape index (κ1) is 79.5. The number of nitrogens with one attached hydrogen (secondary N) is 1. The highest BCUT2D eigenvalue weighted by atomic mass is 32.2. The third kappa shape index (κ3) is 20.3. The minimum atomic E-state index is -5.12. The lowest BCUT2D eigenvalue weighted by Crippen LogP contribution is -2.00. The van der Waals surface area contributed by atoms with Crippen molar-refractivity contribution in [2.24, 2.45) is 51.1 Å². The molecule has 37 nitrogen and oxygen atoms in total. The molecule has 0 saturated heterocycles. The van der Waals surface area contributed by atoms with Gasteiger partial charge >= 0.3 is 31.8 Å². The number of phenolic OH excluding ortho intramolecular Hbond substituents is 4. The van der Waals surface area contributed by atoms with Gasteiger partial charge < -0.3 is 30.5 Å². The van der Waals surface area contributed by atoms with E-state index in [1.807, 2.05) is 30.3 Å². The topological polar surface area (TPSA) is 597 Å². The Morgan fingerprint density at radius 2 is 0.877 bits per heavy atom. The smallest absolute Gasteiger partial charge is 0.425 e. The van der Waals surface area contributed by atoms with Gasteiger partial charge in [-0.1, -0.05) is 49.4 Å². The molecule has 0 fully saturated rings. The fourth-order valence-corrected chi connectivity index (χ4v) is 12.1. The molecule has 0 amide bonds. The molecule has 11 aromatic rings. The number of benzene rings is 11. The van der Waals surface area contributed by atoms with Crippen molar-refractivity contribution in [3.8, 4) is 28.7 Å². The van der Waals surface area contributed by atoms with Crippen LogP contribution in [0.4, 0.5) is 68.2 Å². The standard InChI is InChI=1S/C62H47N11O17S4.3O3S/c1-3-23-90-54-32-50(69-71-52-30-40(91(78,79)80)26-36-27-41(92(81,82)83)31-53(74)57(36)52)33(2)24-51(54)70-73-59-56(94(87,88)89)28-35-13-15-39(29-45(35)62(59)77)65-72-58-43-18-22-49(61(76)44(43)19-21-47(58)63-37-9-5-4-6-10-37)67-64-38-16-17-42-34(25-38)14-20-48(60(42)75)68-66-46-11-7-8-12-55(46)93(84,85)86;3*1-4(2)3/h4-22,24-32,63,74-77H,3,23H2,1-2H3,(H,78,79,80)(H,81,82,83)(H,84,85,86)(H,87,88,89);;;. The Labute approximate surface area is 601 Å². The van der Waals surface area contributed by atoms with Gasteiger partial charge in [0.25, 0.3) is 40.5 Å². The number of ether oxygens (including phenoxy) is 1.